The van der Waals surface area contributed by atoms with Gasteiger partial charge >= 0.3 is 0 Å². The third-order valence-corrected chi connectivity index (χ3v) is 16.2. The van der Waals surface area contributed by atoms with Crippen LogP contribution in [0.3, 0.4) is 0 Å². The van der Waals surface area contributed by atoms with Gasteiger partial charge in [-0.3, -0.25) is 14.6 Å². The van der Waals surface area contributed by atoms with Crippen molar-refractivity contribution in [3.05, 3.63) is 70.3 Å². The molecule has 56 heavy (non-hydrogen) atoms. The van der Waals surface area contributed by atoms with Gasteiger partial charge in [-0.2, -0.15) is 0 Å². The van der Waals surface area contributed by atoms with E-state index in [0.717, 1.165) is 95.3 Å². The monoisotopic (exact) mass is 810 g/mol. The number of benzene rings is 2. The van der Waals surface area contributed by atoms with Gasteiger partial charge in [-0.25, -0.2) is 13.1 Å². The third kappa shape index (κ3) is 7.88. The molecule has 2 bridgehead atoms. The van der Waals surface area contributed by atoms with Gasteiger partial charge in [0.05, 0.1) is 30.8 Å². The number of halogens is 1. The van der Waals surface area contributed by atoms with E-state index in [9.17, 15) is 13.2 Å². The number of hydrogen-bond donors (Lipinski definition) is 1. The van der Waals surface area contributed by atoms with Crippen LogP contribution in [-0.4, -0.2) is 127 Å². The van der Waals surface area contributed by atoms with Gasteiger partial charge in [0, 0.05) is 88.7 Å². The van der Waals surface area contributed by atoms with Crippen molar-refractivity contribution in [3.63, 3.8) is 0 Å². The maximum absolute atomic E-state index is 14.1. The number of hydrogen-bond acceptors (Lipinski definition) is 10. The quantitative estimate of drug-likeness (QED) is 0.387. The average molecular weight is 811 g/mol. The number of rotatable bonds is 6. The Hall–Kier alpha value is -2.71. The lowest BCUT2D eigenvalue weighted by atomic mass is 9.63. The predicted molar refractivity (Wildman–Crippen MR) is 218 cm³/mol. The van der Waals surface area contributed by atoms with Crippen molar-refractivity contribution in [2.45, 2.75) is 74.2 Å². The van der Waals surface area contributed by atoms with Crippen LogP contribution in [0.25, 0.3) is 0 Å². The molecule has 2 aromatic rings. The van der Waals surface area contributed by atoms with Crippen molar-refractivity contribution < 1.29 is 32.2 Å². The summed E-state index contributed by atoms with van der Waals surface area (Å²) in [5.74, 6) is 0.331. The van der Waals surface area contributed by atoms with Gasteiger partial charge in [-0.05, 0) is 104 Å². The Labute approximate surface area is 338 Å². The van der Waals surface area contributed by atoms with Crippen molar-refractivity contribution in [3.8, 4) is 5.75 Å². The second-order valence-electron chi connectivity index (χ2n) is 17.3. The summed E-state index contributed by atoms with van der Waals surface area (Å²) in [6.45, 7) is 10.3. The fourth-order valence-corrected chi connectivity index (χ4v) is 12.6. The first-order valence-corrected chi connectivity index (χ1v) is 22.6. The minimum absolute atomic E-state index is 0.230. The summed E-state index contributed by atoms with van der Waals surface area (Å²) >= 11 is 6.53. The highest BCUT2D eigenvalue weighted by atomic mass is 35.5. The fraction of sp³-hybridized carbons (Fsp3) is 0.651. The van der Waals surface area contributed by atoms with E-state index in [0.29, 0.717) is 42.8 Å². The highest BCUT2D eigenvalue weighted by Crippen LogP contribution is 2.49. The highest BCUT2D eigenvalue weighted by molar-refractivity contribution is 7.90. The molecule has 11 nitrogen and oxygen atoms in total. The largest absolute Gasteiger partial charge is 0.490 e. The number of nitrogens with one attached hydrogen (secondary N) is 1. The molecule has 13 heteroatoms. The first kappa shape index (κ1) is 40.1. The number of ether oxygens (including phenoxy) is 4. The Morgan fingerprint density at radius 1 is 1.07 bits per heavy atom. The molecule has 2 aliphatic carbocycles. The molecule has 2 aromatic carbocycles. The molecule has 4 aliphatic heterocycles. The molecule has 1 saturated carbocycles. The number of methoxy groups -OCH3 is 2. The van der Waals surface area contributed by atoms with E-state index in [4.69, 9.17) is 30.5 Å². The number of amides is 1. The summed E-state index contributed by atoms with van der Waals surface area (Å²) in [5.41, 5.74) is 2.79. The number of piperazine rings is 1. The van der Waals surface area contributed by atoms with Crippen molar-refractivity contribution in [2.24, 2.45) is 17.8 Å². The van der Waals surface area contributed by atoms with E-state index in [1.54, 1.807) is 13.2 Å². The molecule has 1 spiro atoms. The van der Waals surface area contributed by atoms with Gasteiger partial charge < -0.3 is 23.8 Å². The lowest BCUT2D eigenvalue weighted by Gasteiger charge is -2.53. The van der Waals surface area contributed by atoms with Crippen LogP contribution in [0.1, 0.15) is 66.9 Å². The van der Waals surface area contributed by atoms with Crippen LogP contribution >= 0.6 is 11.6 Å². The van der Waals surface area contributed by atoms with Crippen LogP contribution in [0.5, 0.6) is 5.75 Å². The molecule has 306 valence electrons. The molecule has 7 atom stereocenters. The first-order valence-electron chi connectivity index (χ1n) is 20.7. The molecule has 0 radical (unpaired) electrons. The van der Waals surface area contributed by atoms with Crippen LogP contribution in [0.15, 0.2) is 48.6 Å². The number of allylic oxidation sites excluding steroid dienone is 1. The zero-order valence-corrected chi connectivity index (χ0v) is 34.8. The molecular formula is C43H59ClN4O7S. The van der Waals surface area contributed by atoms with Gasteiger partial charge in [-0.15, -0.1) is 0 Å². The van der Waals surface area contributed by atoms with Gasteiger partial charge in [0.25, 0.3) is 5.91 Å². The smallest absolute Gasteiger partial charge is 0.264 e. The Balaban J connectivity index is 1.20. The molecule has 3 fully saturated rings. The SMILES string of the molecule is COCCC1[C@@H](C)C/C=C/[C@](CN2CCN3CCOCC3C2)(OC)[C@@H]2CC[C@H]2CN2C[C@@]3(CCCc4cc(Cl)ccc43)COc3ccc(cc32)C(=O)NS1(=O)=O. The van der Waals surface area contributed by atoms with Crippen molar-refractivity contribution in [1.29, 1.82) is 0 Å². The van der Waals surface area contributed by atoms with E-state index in [-0.39, 0.29) is 30.3 Å². The number of carbonyl (C=O) groups excluding carboxylic acids is 1. The van der Waals surface area contributed by atoms with E-state index in [2.05, 4.69) is 43.7 Å². The standard InChI is InChI=1S/C43H59ClN4O7S/c1-30-6-4-16-43(53-3,28-46-17-18-47-19-21-54-26-35(47)25-46)37-11-8-33(37)24-48-27-42(15-5-7-31-22-34(44)10-12-36(31)42)29-55-39-13-9-32(23-38(39)48)41(49)45-56(50,51)40(30)14-20-52-2/h4,9-10,12-13,16,22-23,30,33,35,37,40H,5-8,11,14-15,17-21,24-29H2,1-3H3,(H,45,49)/b16-4+/t30-,33-,35?,37+,40?,42-,43+/m0/s1. The van der Waals surface area contributed by atoms with Gasteiger partial charge in [-0.1, -0.05) is 36.7 Å². The predicted octanol–water partition coefficient (Wildman–Crippen LogP) is 5.30. The molecule has 2 unspecified atom stereocenters. The Kier molecular flexibility index (Phi) is 11.8. The van der Waals surface area contributed by atoms with Crippen LogP contribution in [0.2, 0.25) is 5.02 Å². The van der Waals surface area contributed by atoms with Crippen molar-refractivity contribution in [1.82, 2.24) is 14.5 Å². The van der Waals surface area contributed by atoms with Gasteiger partial charge in [0.15, 0.2) is 0 Å². The average Bonchev–Trinajstić information content (AvgIpc) is 3.32. The summed E-state index contributed by atoms with van der Waals surface area (Å²) in [6.07, 6.45) is 10.2. The maximum atomic E-state index is 14.1. The van der Waals surface area contributed by atoms with Crippen molar-refractivity contribution >= 4 is 33.2 Å². The minimum atomic E-state index is -4.07. The van der Waals surface area contributed by atoms with Crippen LogP contribution in [0, 0.1) is 17.8 Å². The second kappa shape index (κ2) is 16.5. The summed E-state index contributed by atoms with van der Waals surface area (Å²) in [6, 6.07) is 12.0. The topological polar surface area (TPSA) is 110 Å². The number of nitrogens with zero attached hydrogens (tertiary/aromatic N) is 3. The van der Waals surface area contributed by atoms with Gasteiger partial charge in [0.2, 0.25) is 10.0 Å². The normalized spacial score (nSPS) is 34.2. The third-order valence-electron chi connectivity index (χ3n) is 14.0. The molecule has 4 heterocycles. The zero-order valence-electron chi connectivity index (χ0n) is 33.2. The van der Waals surface area contributed by atoms with E-state index in [1.807, 2.05) is 32.2 Å². The molecule has 0 aromatic heterocycles. The lowest BCUT2D eigenvalue weighted by molar-refractivity contribution is -0.108. The summed E-state index contributed by atoms with van der Waals surface area (Å²) in [7, 11) is -0.652. The number of fused-ring (bicyclic) bond motifs is 5. The number of sulfonamides is 1. The Morgan fingerprint density at radius 2 is 1.95 bits per heavy atom. The number of aryl methyl sites for hydroxylation is 1. The Bertz CT molecular complexity index is 1900. The fourth-order valence-electron chi connectivity index (χ4n) is 10.7. The number of anilines is 1. The van der Waals surface area contributed by atoms with Crippen LogP contribution in [0.4, 0.5) is 5.69 Å². The molecule has 2 saturated heterocycles. The van der Waals surface area contributed by atoms with Crippen molar-refractivity contribution in [2.75, 3.05) is 91.4 Å². The lowest BCUT2D eigenvalue weighted by Crippen LogP contribution is -2.62. The molecular weight excluding hydrogens is 752 g/mol. The highest BCUT2D eigenvalue weighted by Gasteiger charge is 2.50. The minimum Gasteiger partial charge on any atom is -0.490 e. The second-order valence-corrected chi connectivity index (χ2v) is 19.6. The van der Waals surface area contributed by atoms with Crippen LogP contribution in [-0.2, 0) is 36.1 Å². The molecule has 8 rings (SSSR count). The number of carbonyl (C=O) groups is 1. The molecule has 6 aliphatic rings. The van der Waals surface area contributed by atoms with E-state index < -0.39 is 26.8 Å². The molecule has 1 N–H and O–H groups in total. The summed E-state index contributed by atoms with van der Waals surface area (Å²) < 4.78 is 55.4. The van der Waals surface area contributed by atoms with E-state index in [1.165, 1.54) is 11.1 Å². The zero-order chi connectivity index (χ0) is 39.1. The van der Waals surface area contributed by atoms with Gasteiger partial charge in [0.1, 0.15) is 11.4 Å². The molecule has 1 amide bonds. The maximum Gasteiger partial charge on any atom is 0.264 e. The van der Waals surface area contributed by atoms with E-state index >= 15 is 0 Å². The van der Waals surface area contributed by atoms with Crippen LogP contribution < -0.4 is 14.4 Å². The summed E-state index contributed by atoms with van der Waals surface area (Å²) in [5, 5.41) is -0.0936. The Morgan fingerprint density at radius 3 is 2.75 bits per heavy atom. The number of morpholine rings is 1. The first-order chi connectivity index (χ1) is 27.0. The summed E-state index contributed by atoms with van der Waals surface area (Å²) in [4.78, 5) is 21.5.